The minimum atomic E-state index is -1.13. The SMILES string of the molecule is Cc1nc2cc(-c3ccccc3)nn2c(N2CC[C@@H]3CCCC[C@@H]3C2)c1C(OC(C)(C)C)C(=O)O. The number of hydrogen-bond acceptors (Lipinski definition) is 5. The van der Waals surface area contributed by atoms with Crippen molar-refractivity contribution in [3.8, 4) is 11.3 Å². The number of aromatic nitrogens is 3. The maximum Gasteiger partial charge on any atom is 0.337 e. The van der Waals surface area contributed by atoms with Crippen molar-refractivity contribution in [2.24, 2.45) is 11.8 Å². The second-order valence-electron chi connectivity index (χ2n) is 11.1. The van der Waals surface area contributed by atoms with Crippen LogP contribution in [0.5, 0.6) is 0 Å². The first-order valence-electron chi connectivity index (χ1n) is 12.8. The number of carboxylic acid groups (broad SMARTS) is 1. The number of rotatable bonds is 5. The van der Waals surface area contributed by atoms with Crippen LogP contribution >= 0.6 is 0 Å². The normalized spacial score (nSPS) is 21.7. The van der Waals surface area contributed by atoms with E-state index in [9.17, 15) is 9.90 Å². The van der Waals surface area contributed by atoms with E-state index in [1.807, 2.05) is 68.6 Å². The van der Waals surface area contributed by atoms with Gasteiger partial charge < -0.3 is 14.7 Å². The van der Waals surface area contributed by atoms with Crippen LogP contribution in [-0.2, 0) is 9.53 Å². The third kappa shape index (κ3) is 4.79. The zero-order chi connectivity index (χ0) is 24.7. The number of aliphatic carboxylic acids is 1. The molecule has 7 heteroatoms. The monoisotopic (exact) mass is 476 g/mol. The molecule has 186 valence electrons. The van der Waals surface area contributed by atoms with Crippen LogP contribution in [0.1, 0.15) is 70.2 Å². The van der Waals surface area contributed by atoms with Crippen LogP contribution in [0.25, 0.3) is 16.9 Å². The third-order valence-electron chi connectivity index (χ3n) is 7.42. The maximum atomic E-state index is 12.6. The molecule has 3 heterocycles. The van der Waals surface area contributed by atoms with E-state index in [-0.39, 0.29) is 0 Å². The van der Waals surface area contributed by atoms with Gasteiger partial charge in [-0.2, -0.15) is 9.61 Å². The van der Waals surface area contributed by atoms with Crippen molar-refractivity contribution in [3.05, 3.63) is 47.7 Å². The van der Waals surface area contributed by atoms with Gasteiger partial charge in [-0.3, -0.25) is 0 Å². The van der Waals surface area contributed by atoms with Gasteiger partial charge >= 0.3 is 5.97 Å². The Labute approximate surface area is 207 Å². The molecule has 2 aromatic heterocycles. The standard InChI is InChI=1S/C28H36N4O3/c1-18-24(25(27(33)34)35-28(2,3)4)26(31-15-14-19-10-8-9-13-21(19)17-31)32-23(29-18)16-22(30-32)20-11-6-5-7-12-20/h5-7,11-12,16,19,21,25H,8-10,13-15,17H2,1-4H3,(H,33,34)/t19-,21+,25?/m0/s1. The van der Waals surface area contributed by atoms with E-state index in [0.717, 1.165) is 48.2 Å². The Balaban J connectivity index is 1.68. The maximum absolute atomic E-state index is 12.6. The lowest BCUT2D eigenvalue weighted by atomic mass is 9.75. The van der Waals surface area contributed by atoms with Crippen LogP contribution < -0.4 is 4.90 Å². The van der Waals surface area contributed by atoms with E-state index < -0.39 is 17.7 Å². The molecule has 0 spiro atoms. The number of anilines is 1. The summed E-state index contributed by atoms with van der Waals surface area (Å²) in [4.78, 5) is 19.7. The van der Waals surface area contributed by atoms with Crippen LogP contribution in [0.2, 0.25) is 0 Å². The van der Waals surface area contributed by atoms with Gasteiger partial charge in [0.25, 0.3) is 0 Å². The Kier molecular flexibility index (Phi) is 6.30. The zero-order valence-corrected chi connectivity index (χ0v) is 21.2. The molecule has 2 fully saturated rings. The van der Waals surface area contributed by atoms with Gasteiger partial charge in [0.1, 0.15) is 5.82 Å². The topological polar surface area (TPSA) is 80.0 Å². The number of carbonyl (C=O) groups is 1. The number of carboxylic acids is 1. The third-order valence-corrected chi connectivity index (χ3v) is 7.42. The number of aryl methyl sites for hydroxylation is 1. The predicted octanol–water partition coefficient (Wildman–Crippen LogP) is 5.66. The van der Waals surface area contributed by atoms with Gasteiger partial charge in [0.15, 0.2) is 11.8 Å². The van der Waals surface area contributed by atoms with Crippen molar-refractivity contribution in [1.82, 2.24) is 14.6 Å². The molecule has 1 aliphatic heterocycles. The lowest BCUT2D eigenvalue weighted by molar-refractivity contribution is -0.160. The van der Waals surface area contributed by atoms with Crippen molar-refractivity contribution in [3.63, 3.8) is 0 Å². The summed E-state index contributed by atoms with van der Waals surface area (Å²) in [6.07, 6.45) is 5.13. The van der Waals surface area contributed by atoms with Crippen molar-refractivity contribution in [1.29, 1.82) is 0 Å². The highest BCUT2D eigenvalue weighted by molar-refractivity contribution is 5.79. The van der Waals surface area contributed by atoms with Crippen molar-refractivity contribution in [2.75, 3.05) is 18.0 Å². The summed E-state index contributed by atoms with van der Waals surface area (Å²) in [5.74, 6) is 1.20. The lowest BCUT2D eigenvalue weighted by Crippen LogP contribution is -2.43. The molecule has 1 saturated heterocycles. The van der Waals surface area contributed by atoms with Crippen LogP contribution in [-0.4, -0.2) is 44.4 Å². The Morgan fingerprint density at radius 2 is 1.83 bits per heavy atom. The predicted molar refractivity (Wildman–Crippen MR) is 137 cm³/mol. The van der Waals surface area contributed by atoms with Crippen molar-refractivity contribution < 1.29 is 14.6 Å². The zero-order valence-electron chi connectivity index (χ0n) is 21.2. The molecule has 35 heavy (non-hydrogen) atoms. The summed E-state index contributed by atoms with van der Waals surface area (Å²) in [6, 6.07) is 12.0. The molecule has 7 nitrogen and oxygen atoms in total. The fourth-order valence-corrected chi connectivity index (χ4v) is 5.86. The Morgan fingerprint density at radius 3 is 2.51 bits per heavy atom. The van der Waals surface area contributed by atoms with E-state index >= 15 is 0 Å². The summed E-state index contributed by atoms with van der Waals surface area (Å²) in [5, 5.41) is 15.2. The van der Waals surface area contributed by atoms with E-state index in [1.54, 1.807) is 0 Å². The molecule has 3 aromatic rings. The highest BCUT2D eigenvalue weighted by Crippen LogP contribution is 2.41. The molecule has 3 atom stereocenters. The van der Waals surface area contributed by atoms with Gasteiger partial charge in [-0.05, 0) is 52.4 Å². The molecule has 2 aliphatic rings. The number of hydrogen-bond donors (Lipinski definition) is 1. The minimum Gasteiger partial charge on any atom is -0.479 e. The average Bonchev–Trinajstić information content (AvgIpc) is 3.25. The number of fused-ring (bicyclic) bond motifs is 2. The molecule has 0 amide bonds. The van der Waals surface area contributed by atoms with E-state index in [2.05, 4.69) is 4.90 Å². The highest BCUT2D eigenvalue weighted by Gasteiger charge is 2.38. The van der Waals surface area contributed by atoms with Crippen LogP contribution in [0.4, 0.5) is 5.82 Å². The molecule has 1 N–H and O–H groups in total. The Hall–Kier alpha value is -2.93. The van der Waals surface area contributed by atoms with Gasteiger partial charge in [0.2, 0.25) is 0 Å². The van der Waals surface area contributed by atoms with Gasteiger partial charge in [-0.15, -0.1) is 0 Å². The van der Waals surface area contributed by atoms with Gasteiger partial charge in [-0.25, -0.2) is 9.78 Å². The number of ether oxygens (including phenoxy) is 1. The molecule has 1 unspecified atom stereocenters. The lowest BCUT2D eigenvalue weighted by Gasteiger charge is -2.43. The fourth-order valence-electron chi connectivity index (χ4n) is 5.86. The second kappa shape index (κ2) is 9.26. The molecule has 0 bridgehead atoms. The quantitative estimate of drug-likeness (QED) is 0.512. The summed E-state index contributed by atoms with van der Waals surface area (Å²) in [7, 11) is 0. The summed E-state index contributed by atoms with van der Waals surface area (Å²) in [5.41, 5.74) is 3.22. The summed E-state index contributed by atoms with van der Waals surface area (Å²) >= 11 is 0. The minimum absolute atomic E-state index is 0.608. The first-order valence-corrected chi connectivity index (χ1v) is 12.8. The molecule has 1 aliphatic carbocycles. The Bertz CT molecular complexity index is 1210. The largest absolute Gasteiger partial charge is 0.479 e. The molecular weight excluding hydrogens is 440 g/mol. The van der Waals surface area contributed by atoms with Crippen LogP contribution in [0.15, 0.2) is 36.4 Å². The number of nitrogens with zero attached hydrogens (tertiary/aromatic N) is 4. The molecule has 1 aromatic carbocycles. The molecule has 0 radical (unpaired) electrons. The van der Waals surface area contributed by atoms with Gasteiger partial charge in [-0.1, -0.05) is 49.6 Å². The van der Waals surface area contributed by atoms with E-state index in [1.165, 1.54) is 25.7 Å². The number of piperidine rings is 1. The van der Waals surface area contributed by atoms with Crippen LogP contribution in [0.3, 0.4) is 0 Å². The summed E-state index contributed by atoms with van der Waals surface area (Å²) < 4.78 is 7.99. The number of benzene rings is 1. The Morgan fingerprint density at radius 1 is 1.11 bits per heavy atom. The van der Waals surface area contributed by atoms with Gasteiger partial charge in [0, 0.05) is 30.4 Å². The second-order valence-corrected chi connectivity index (χ2v) is 11.1. The van der Waals surface area contributed by atoms with Gasteiger partial charge in [0.05, 0.1) is 16.9 Å². The average molecular weight is 477 g/mol. The van der Waals surface area contributed by atoms with E-state index in [0.29, 0.717) is 17.2 Å². The van der Waals surface area contributed by atoms with Crippen molar-refractivity contribution in [2.45, 2.75) is 71.5 Å². The fraction of sp³-hybridized carbons (Fsp3) is 0.536. The first-order chi connectivity index (χ1) is 16.7. The highest BCUT2D eigenvalue weighted by atomic mass is 16.5. The van der Waals surface area contributed by atoms with Crippen LogP contribution in [0, 0.1) is 18.8 Å². The molecular formula is C28H36N4O3. The van der Waals surface area contributed by atoms with Crippen molar-refractivity contribution >= 4 is 17.4 Å². The molecule has 5 rings (SSSR count). The first kappa shape index (κ1) is 23.8. The molecule has 1 saturated carbocycles. The smallest absolute Gasteiger partial charge is 0.337 e. The van der Waals surface area contributed by atoms with E-state index in [4.69, 9.17) is 14.8 Å². The summed E-state index contributed by atoms with van der Waals surface area (Å²) in [6.45, 7) is 9.35.